The van der Waals surface area contributed by atoms with Gasteiger partial charge in [-0.05, 0) is 25.0 Å². The van der Waals surface area contributed by atoms with Crippen LogP contribution in [0.1, 0.15) is 31.2 Å². The molecular formula is C13H18ClN3O. The van der Waals surface area contributed by atoms with Crippen molar-refractivity contribution in [3.63, 3.8) is 0 Å². The van der Waals surface area contributed by atoms with Gasteiger partial charge in [-0.1, -0.05) is 35.7 Å². The number of hydrogen-bond donors (Lipinski definition) is 2. The minimum absolute atomic E-state index is 0.0560. The van der Waals surface area contributed by atoms with E-state index in [1.165, 1.54) is 25.7 Å². The van der Waals surface area contributed by atoms with Crippen LogP contribution in [-0.4, -0.2) is 24.1 Å². The summed E-state index contributed by atoms with van der Waals surface area (Å²) < 4.78 is 0. The van der Waals surface area contributed by atoms with Crippen molar-refractivity contribution in [2.75, 3.05) is 11.9 Å². The second-order valence-electron chi connectivity index (χ2n) is 4.67. The number of amidine groups is 1. The van der Waals surface area contributed by atoms with Gasteiger partial charge in [0.15, 0.2) is 5.84 Å². The number of oxime groups is 1. The van der Waals surface area contributed by atoms with Gasteiger partial charge in [-0.2, -0.15) is 0 Å². The number of nitrogens with zero attached hydrogens (tertiary/aromatic N) is 2. The van der Waals surface area contributed by atoms with Crippen molar-refractivity contribution in [3.8, 4) is 0 Å². The maximum Gasteiger partial charge on any atom is 0.173 e. The zero-order valence-electron chi connectivity index (χ0n) is 10.4. The average molecular weight is 268 g/mol. The van der Waals surface area contributed by atoms with Gasteiger partial charge < -0.3 is 15.8 Å². The van der Waals surface area contributed by atoms with Gasteiger partial charge in [0.2, 0.25) is 0 Å². The van der Waals surface area contributed by atoms with E-state index in [9.17, 15) is 0 Å². The van der Waals surface area contributed by atoms with Gasteiger partial charge in [0.1, 0.15) is 0 Å². The van der Waals surface area contributed by atoms with Crippen LogP contribution in [0.3, 0.4) is 0 Å². The van der Waals surface area contributed by atoms with Crippen LogP contribution in [0.5, 0.6) is 0 Å². The Morgan fingerprint density at radius 1 is 1.44 bits per heavy atom. The highest BCUT2D eigenvalue weighted by atomic mass is 35.5. The smallest absolute Gasteiger partial charge is 0.173 e. The highest BCUT2D eigenvalue weighted by Gasteiger charge is 2.23. The quantitative estimate of drug-likeness (QED) is 0.383. The molecule has 5 heteroatoms. The SMILES string of the molecule is CN(c1cccc(Cl)c1C(N)=NO)C1CCCC1. The molecule has 1 aromatic rings. The largest absolute Gasteiger partial charge is 0.409 e. The summed E-state index contributed by atoms with van der Waals surface area (Å²) >= 11 is 6.16. The summed E-state index contributed by atoms with van der Waals surface area (Å²) in [4.78, 5) is 2.19. The highest BCUT2D eigenvalue weighted by Crippen LogP contribution is 2.32. The summed E-state index contributed by atoms with van der Waals surface area (Å²) in [6.45, 7) is 0. The zero-order valence-corrected chi connectivity index (χ0v) is 11.2. The molecule has 1 aliphatic rings. The van der Waals surface area contributed by atoms with E-state index in [2.05, 4.69) is 10.1 Å². The molecule has 4 nitrogen and oxygen atoms in total. The van der Waals surface area contributed by atoms with E-state index >= 15 is 0 Å². The Bertz CT molecular complexity index is 456. The Balaban J connectivity index is 2.40. The first-order valence-corrected chi connectivity index (χ1v) is 6.52. The van der Waals surface area contributed by atoms with Crippen molar-refractivity contribution in [2.45, 2.75) is 31.7 Å². The van der Waals surface area contributed by atoms with Crippen LogP contribution in [0.4, 0.5) is 5.69 Å². The number of rotatable bonds is 3. The minimum Gasteiger partial charge on any atom is -0.409 e. The first-order chi connectivity index (χ1) is 8.65. The molecule has 1 saturated carbocycles. The fourth-order valence-corrected chi connectivity index (χ4v) is 2.86. The normalized spacial score (nSPS) is 17.1. The fraction of sp³-hybridized carbons (Fsp3) is 0.462. The minimum atomic E-state index is 0.0560. The first-order valence-electron chi connectivity index (χ1n) is 6.14. The molecule has 98 valence electrons. The lowest BCUT2D eigenvalue weighted by molar-refractivity contribution is 0.318. The summed E-state index contributed by atoms with van der Waals surface area (Å²) in [5.41, 5.74) is 7.25. The third-order valence-electron chi connectivity index (χ3n) is 3.61. The monoisotopic (exact) mass is 267 g/mol. The summed E-state index contributed by atoms with van der Waals surface area (Å²) in [6, 6.07) is 6.10. The molecule has 0 spiro atoms. The van der Waals surface area contributed by atoms with Crippen LogP contribution in [0, 0.1) is 0 Å². The van der Waals surface area contributed by atoms with Crippen LogP contribution in [0.15, 0.2) is 23.4 Å². The summed E-state index contributed by atoms with van der Waals surface area (Å²) in [5, 5.41) is 12.4. The summed E-state index contributed by atoms with van der Waals surface area (Å²) in [7, 11) is 2.04. The van der Waals surface area contributed by atoms with E-state index in [1.54, 1.807) is 6.07 Å². The molecule has 2 rings (SSSR count). The van der Waals surface area contributed by atoms with Crippen molar-refractivity contribution >= 4 is 23.1 Å². The van der Waals surface area contributed by atoms with Gasteiger partial charge in [0.05, 0.1) is 10.6 Å². The van der Waals surface area contributed by atoms with Gasteiger partial charge in [0.25, 0.3) is 0 Å². The molecule has 0 aromatic heterocycles. The lowest BCUT2D eigenvalue weighted by Crippen LogP contribution is -2.31. The molecular weight excluding hydrogens is 250 g/mol. The number of benzene rings is 1. The second-order valence-corrected chi connectivity index (χ2v) is 5.08. The van der Waals surface area contributed by atoms with Crippen LogP contribution in [0.25, 0.3) is 0 Å². The molecule has 1 fully saturated rings. The van der Waals surface area contributed by atoms with E-state index in [0.29, 0.717) is 16.6 Å². The molecule has 1 aromatic carbocycles. The van der Waals surface area contributed by atoms with Crippen molar-refractivity contribution in [1.82, 2.24) is 0 Å². The number of nitrogens with two attached hydrogens (primary N) is 1. The maximum absolute atomic E-state index is 8.87. The molecule has 0 saturated heterocycles. The molecule has 0 amide bonds. The van der Waals surface area contributed by atoms with Crippen LogP contribution in [0.2, 0.25) is 5.02 Å². The highest BCUT2D eigenvalue weighted by molar-refractivity contribution is 6.34. The molecule has 0 radical (unpaired) electrons. The van der Waals surface area contributed by atoms with E-state index in [-0.39, 0.29) is 5.84 Å². The molecule has 0 heterocycles. The molecule has 3 N–H and O–H groups in total. The maximum atomic E-state index is 8.87. The average Bonchev–Trinajstić information content (AvgIpc) is 2.90. The van der Waals surface area contributed by atoms with E-state index in [4.69, 9.17) is 22.5 Å². The third-order valence-corrected chi connectivity index (χ3v) is 3.92. The first kappa shape index (κ1) is 13.0. The molecule has 0 unspecified atom stereocenters. The Labute approximate surface area is 112 Å². The Morgan fingerprint density at radius 3 is 2.72 bits per heavy atom. The van der Waals surface area contributed by atoms with Crippen molar-refractivity contribution in [1.29, 1.82) is 0 Å². The third kappa shape index (κ3) is 2.38. The molecule has 0 atom stereocenters. The van der Waals surface area contributed by atoms with Gasteiger partial charge in [0, 0.05) is 18.8 Å². The lowest BCUT2D eigenvalue weighted by atomic mass is 10.1. The number of halogens is 1. The van der Waals surface area contributed by atoms with Gasteiger partial charge >= 0.3 is 0 Å². The molecule has 18 heavy (non-hydrogen) atoms. The predicted octanol–water partition coefficient (Wildman–Crippen LogP) is 2.81. The second kappa shape index (κ2) is 5.48. The van der Waals surface area contributed by atoms with Crippen LogP contribution in [-0.2, 0) is 0 Å². The van der Waals surface area contributed by atoms with E-state index in [0.717, 1.165) is 5.69 Å². The van der Waals surface area contributed by atoms with Crippen molar-refractivity contribution < 1.29 is 5.21 Å². The molecule has 0 aliphatic heterocycles. The van der Waals surface area contributed by atoms with Crippen LogP contribution >= 0.6 is 11.6 Å². The van der Waals surface area contributed by atoms with E-state index < -0.39 is 0 Å². The van der Waals surface area contributed by atoms with E-state index in [1.807, 2.05) is 19.2 Å². The Hall–Kier alpha value is -1.42. The predicted molar refractivity (Wildman–Crippen MR) is 74.6 cm³/mol. The summed E-state index contributed by atoms with van der Waals surface area (Å²) in [5.74, 6) is 0.0560. The Kier molecular flexibility index (Phi) is 3.97. The van der Waals surface area contributed by atoms with Gasteiger partial charge in [-0.15, -0.1) is 0 Å². The summed E-state index contributed by atoms with van der Waals surface area (Å²) in [6.07, 6.45) is 4.88. The fourth-order valence-electron chi connectivity index (χ4n) is 2.60. The van der Waals surface area contributed by atoms with Crippen molar-refractivity contribution in [3.05, 3.63) is 28.8 Å². The molecule has 0 bridgehead atoms. The van der Waals surface area contributed by atoms with Crippen LogP contribution < -0.4 is 10.6 Å². The zero-order chi connectivity index (χ0) is 13.1. The standard InChI is InChI=1S/C13H18ClN3O/c1-17(9-5-2-3-6-9)11-8-4-7-10(14)12(11)13(15)16-18/h4,7-9,18H,2-3,5-6H2,1H3,(H2,15,16). The topological polar surface area (TPSA) is 61.8 Å². The Morgan fingerprint density at radius 2 is 2.11 bits per heavy atom. The number of hydrogen-bond acceptors (Lipinski definition) is 3. The van der Waals surface area contributed by atoms with Gasteiger partial charge in [-0.3, -0.25) is 0 Å². The lowest BCUT2D eigenvalue weighted by Gasteiger charge is -2.28. The van der Waals surface area contributed by atoms with Gasteiger partial charge in [-0.25, -0.2) is 0 Å². The molecule has 1 aliphatic carbocycles. The van der Waals surface area contributed by atoms with Crippen molar-refractivity contribution in [2.24, 2.45) is 10.9 Å². The number of anilines is 1.